The second-order valence-electron chi connectivity index (χ2n) is 6.54. The molecular formula is C18H23NO4. The summed E-state index contributed by atoms with van der Waals surface area (Å²) in [4.78, 5) is 14.7. The Morgan fingerprint density at radius 2 is 2.04 bits per heavy atom. The molecule has 1 amide bonds. The van der Waals surface area contributed by atoms with E-state index in [1.807, 2.05) is 18.2 Å². The van der Waals surface area contributed by atoms with Gasteiger partial charge in [-0.15, -0.1) is 0 Å². The van der Waals surface area contributed by atoms with Gasteiger partial charge in [0.25, 0.3) is 0 Å². The Kier molecular flexibility index (Phi) is 4.12. The number of hydrogen-bond donors (Lipinski definition) is 0. The van der Waals surface area contributed by atoms with E-state index in [-0.39, 0.29) is 18.8 Å². The van der Waals surface area contributed by atoms with E-state index in [0.29, 0.717) is 19.1 Å². The fourth-order valence-corrected chi connectivity index (χ4v) is 3.90. The van der Waals surface area contributed by atoms with Gasteiger partial charge in [-0.25, -0.2) is 0 Å². The van der Waals surface area contributed by atoms with Crippen LogP contribution in [0.2, 0.25) is 0 Å². The summed E-state index contributed by atoms with van der Waals surface area (Å²) in [5.41, 5.74) is 1.12. The van der Waals surface area contributed by atoms with Crippen LogP contribution in [0, 0.1) is 0 Å². The van der Waals surface area contributed by atoms with Crippen molar-refractivity contribution >= 4 is 5.91 Å². The number of ether oxygens (including phenoxy) is 3. The lowest BCUT2D eigenvalue weighted by Gasteiger charge is -2.43. The van der Waals surface area contributed by atoms with Crippen molar-refractivity contribution in [2.24, 2.45) is 0 Å². The van der Waals surface area contributed by atoms with Crippen molar-refractivity contribution in [3.63, 3.8) is 0 Å². The molecule has 2 heterocycles. The third kappa shape index (κ3) is 3.02. The van der Waals surface area contributed by atoms with E-state index in [9.17, 15) is 4.79 Å². The van der Waals surface area contributed by atoms with Gasteiger partial charge in [0, 0.05) is 13.0 Å². The van der Waals surface area contributed by atoms with E-state index >= 15 is 0 Å². The van der Waals surface area contributed by atoms with E-state index in [2.05, 4.69) is 4.90 Å². The van der Waals surface area contributed by atoms with Gasteiger partial charge in [0.2, 0.25) is 12.7 Å². The molecule has 3 aliphatic rings. The standard InChI is InChI=1S/C18H23NO4/c20-18(19-9-10-21-15-4-2-1-3-14(15)19)8-6-13-5-7-16-17(11-13)23-12-22-16/h5,7,11,14-15H,1-4,6,8-10,12H2/t14-,15-/m1/s1. The Balaban J connectivity index is 1.37. The summed E-state index contributed by atoms with van der Waals surface area (Å²) in [5, 5.41) is 0. The maximum absolute atomic E-state index is 12.7. The number of carbonyl (C=O) groups is 1. The summed E-state index contributed by atoms with van der Waals surface area (Å²) in [5.74, 6) is 1.83. The smallest absolute Gasteiger partial charge is 0.231 e. The SMILES string of the molecule is O=C(CCc1ccc2c(c1)OCO2)N1CCO[C@@H]2CCCC[C@H]21. The van der Waals surface area contributed by atoms with Gasteiger partial charge in [0.1, 0.15) is 0 Å². The van der Waals surface area contributed by atoms with E-state index in [1.54, 1.807) is 0 Å². The normalized spacial score (nSPS) is 26.0. The molecule has 0 spiro atoms. The minimum absolute atomic E-state index is 0.253. The van der Waals surface area contributed by atoms with Crippen LogP contribution in [0.1, 0.15) is 37.7 Å². The van der Waals surface area contributed by atoms with Gasteiger partial charge in [-0.05, 0) is 37.0 Å². The first kappa shape index (κ1) is 14.8. The molecule has 1 saturated carbocycles. The van der Waals surface area contributed by atoms with Crippen molar-refractivity contribution in [3.05, 3.63) is 23.8 Å². The molecule has 5 nitrogen and oxygen atoms in total. The van der Waals surface area contributed by atoms with E-state index in [0.717, 1.165) is 42.9 Å². The summed E-state index contributed by atoms with van der Waals surface area (Å²) < 4.78 is 16.6. The molecular weight excluding hydrogens is 294 g/mol. The Morgan fingerprint density at radius 1 is 1.17 bits per heavy atom. The molecule has 0 aromatic heterocycles. The Labute approximate surface area is 136 Å². The van der Waals surface area contributed by atoms with Crippen LogP contribution in [-0.2, 0) is 16.0 Å². The molecule has 2 aliphatic heterocycles. The number of benzene rings is 1. The molecule has 1 aromatic rings. The van der Waals surface area contributed by atoms with Gasteiger partial charge >= 0.3 is 0 Å². The lowest BCUT2D eigenvalue weighted by atomic mass is 9.90. The van der Waals surface area contributed by atoms with Crippen LogP contribution in [-0.4, -0.2) is 42.9 Å². The molecule has 2 fully saturated rings. The summed E-state index contributed by atoms with van der Waals surface area (Å²) >= 11 is 0. The number of carbonyl (C=O) groups excluding carboxylic acids is 1. The molecule has 23 heavy (non-hydrogen) atoms. The maximum Gasteiger partial charge on any atom is 0.231 e. The minimum atomic E-state index is 0.253. The van der Waals surface area contributed by atoms with Crippen molar-refractivity contribution in [1.29, 1.82) is 0 Å². The summed E-state index contributed by atoms with van der Waals surface area (Å²) in [6.45, 7) is 1.70. The topological polar surface area (TPSA) is 48.0 Å². The molecule has 0 unspecified atom stereocenters. The zero-order chi connectivity index (χ0) is 15.6. The number of rotatable bonds is 3. The fraction of sp³-hybridized carbons (Fsp3) is 0.611. The molecule has 124 valence electrons. The van der Waals surface area contributed by atoms with Crippen molar-refractivity contribution in [2.45, 2.75) is 50.7 Å². The van der Waals surface area contributed by atoms with Crippen LogP contribution in [0.4, 0.5) is 0 Å². The average Bonchev–Trinajstić information content (AvgIpc) is 3.07. The van der Waals surface area contributed by atoms with Crippen LogP contribution in [0.15, 0.2) is 18.2 Å². The van der Waals surface area contributed by atoms with Crippen LogP contribution in [0.3, 0.4) is 0 Å². The number of fused-ring (bicyclic) bond motifs is 2. The first-order chi connectivity index (χ1) is 11.3. The molecule has 2 atom stereocenters. The summed E-state index contributed by atoms with van der Waals surface area (Å²) in [6, 6.07) is 6.22. The third-order valence-electron chi connectivity index (χ3n) is 5.12. The van der Waals surface area contributed by atoms with Crippen LogP contribution < -0.4 is 9.47 Å². The predicted octanol–water partition coefficient (Wildman–Crippen LogP) is 2.52. The zero-order valence-electron chi connectivity index (χ0n) is 13.3. The third-order valence-corrected chi connectivity index (χ3v) is 5.12. The highest BCUT2D eigenvalue weighted by Crippen LogP contribution is 2.33. The number of amides is 1. The van der Waals surface area contributed by atoms with Crippen LogP contribution >= 0.6 is 0 Å². The van der Waals surface area contributed by atoms with Gasteiger partial charge in [-0.3, -0.25) is 4.79 Å². The Morgan fingerprint density at radius 3 is 3.00 bits per heavy atom. The fourth-order valence-electron chi connectivity index (χ4n) is 3.90. The molecule has 0 radical (unpaired) electrons. The number of hydrogen-bond acceptors (Lipinski definition) is 4. The molecule has 1 aromatic carbocycles. The minimum Gasteiger partial charge on any atom is -0.454 e. The highest BCUT2D eigenvalue weighted by molar-refractivity contribution is 5.77. The second-order valence-corrected chi connectivity index (χ2v) is 6.54. The lowest BCUT2D eigenvalue weighted by Crippen LogP contribution is -2.54. The maximum atomic E-state index is 12.7. The molecule has 1 aliphatic carbocycles. The molecule has 0 N–H and O–H groups in total. The molecule has 0 bridgehead atoms. The highest BCUT2D eigenvalue weighted by atomic mass is 16.7. The predicted molar refractivity (Wildman–Crippen MR) is 84.6 cm³/mol. The number of aryl methyl sites for hydroxylation is 1. The number of nitrogens with zero attached hydrogens (tertiary/aromatic N) is 1. The van der Waals surface area contributed by atoms with E-state index in [1.165, 1.54) is 12.8 Å². The van der Waals surface area contributed by atoms with Gasteiger partial charge in [0.05, 0.1) is 18.8 Å². The average molecular weight is 317 g/mol. The highest BCUT2D eigenvalue weighted by Gasteiger charge is 2.36. The van der Waals surface area contributed by atoms with Crippen molar-refractivity contribution in [3.8, 4) is 11.5 Å². The first-order valence-corrected chi connectivity index (χ1v) is 8.61. The van der Waals surface area contributed by atoms with Gasteiger partial charge < -0.3 is 19.1 Å². The summed E-state index contributed by atoms with van der Waals surface area (Å²) in [7, 11) is 0. The van der Waals surface area contributed by atoms with Crippen molar-refractivity contribution in [1.82, 2.24) is 4.90 Å². The van der Waals surface area contributed by atoms with Crippen molar-refractivity contribution in [2.75, 3.05) is 19.9 Å². The second kappa shape index (κ2) is 6.40. The molecule has 1 saturated heterocycles. The lowest BCUT2D eigenvalue weighted by molar-refractivity contribution is -0.149. The van der Waals surface area contributed by atoms with Crippen molar-refractivity contribution < 1.29 is 19.0 Å². The number of morpholine rings is 1. The Hall–Kier alpha value is -1.75. The van der Waals surface area contributed by atoms with Crippen LogP contribution in [0.5, 0.6) is 11.5 Å². The van der Waals surface area contributed by atoms with E-state index in [4.69, 9.17) is 14.2 Å². The van der Waals surface area contributed by atoms with Gasteiger partial charge in [0.15, 0.2) is 11.5 Å². The van der Waals surface area contributed by atoms with Crippen LogP contribution in [0.25, 0.3) is 0 Å². The van der Waals surface area contributed by atoms with E-state index < -0.39 is 0 Å². The van der Waals surface area contributed by atoms with Gasteiger partial charge in [-0.1, -0.05) is 18.9 Å². The quantitative estimate of drug-likeness (QED) is 0.859. The zero-order valence-corrected chi connectivity index (χ0v) is 13.3. The van der Waals surface area contributed by atoms with Gasteiger partial charge in [-0.2, -0.15) is 0 Å². The molecule has 4 rings (SSSR count). The molecule has 5 heteroatoms. The largest absolute Gasteiger partial charge is 0.454 e. The Bertz CT molecular complexity index is 586. The summed E-state index contributed by atoms with van der Waals surface area (Å²) in [6.07, 6.45) is 6.15. The monoisotopic (exact) mass is 317 g/mol. The first-order valence-electron chi connectivity index (χ1n) is 8.61.